The molecule has 1 N–H and O–H groups in total. The minimum Gasteiger partial charge on any atom is -0.353 e. The van der Waals surface area contributed by atoms with E-state index in [0.717, 1.165) is 22.9 Å². The molecule has 1 amide bonds. The minimum atomic E-state index is -0.188. The van der Waals surface area contributed by atoms with Crippen LogP contribution in [0.15, 0.2) is 54.7 Å². The molecule has 30 heavy (non-hydrogen) atoms. The molecule has 3 atom stereocenters. The second-order valence-corrected chi connectivity index (χ2v) is 8.83. The number of hydrogen-bond donors (Lipinski definition) is 1. The highest BCUT2D eigenvalue weighted by atomic mass is 19.1. The number of aromatic nitrogens is 1. The van der Waals surface area contributed by atoms with Crippen LogP contribution in [0.1, 0.15) is 50.7 Å². The Morgan fingerprint density at radius 3 is 2.67 bits per heavy atom. The third kappa shape index (κ3) is 4.43. The van der Waals surface area contributed by atoms with E-state index in [1.54, 1.807) is 6.07 Å². The summed E-state index contributed by atoms with van der Waals surface area (Å²) >= 11 is 0. The molecular weight excluding hydrogens is 375 g/mol. The summed E-state index contributed by atoms with van der Waals surface area (Å²) in [5, 5.41) is 4.42. The number of aryl methyl sites for hydroxylation is 1. The molecular formula is C26H31FN2O. The Hall–Kier alpha value is -2.62. The maximum Gasteiger partial charge on any atom is 0.220 e. The van der Waals surface area contributed by atoms with E-state index in [1.165, 1.54) is 18.9 Å². The molecule has 0 saturated heterocycles. The molecule has 0 radical (unpaired) electrons. The van der Waals surface area contributed by atoms with Crippen LogP contribution in [0, 0.1) is 17.7 Å². The molecule has 2 aromatic carbocycles. The first kappa shape index (κ1) is 20.6. The number of nitrogens with one attached hydrogen (secondary N) is 1. The van der Waals surface area contributed by atoms with Crippen molar-refractivity contribution in [3.05, 3.63) is 71.7 Å². The number of para-hydroxylation sites is 1. The Labute approximate surface area is 178 Å². The largest absolute Gasteiger partial charge is 0.353 e. The maximum absolute atomic E-state index is 14.2. The second kappa shape index (κ2) is 9.03. The molecule has 0 spiro atoms. The van der Waals surface area contributed by atoms with Gasteiger partial charge in [0.1, 0.15) is 5.82 Å². The van der Waals surface area contributed by atoms with Crippen LogP contribution in [0.25, 0.3) is 10.9 Å². The van der Waals surface area contributed by atoms with Gasteiger partial charge in [0.25, 0.3) is 0 Å². The molecule has 1 fully saturated rings. The number of halogens is 1. The van der Waals surface area contributed by atoms with Gasteiger partial charge < -0.3 is 9.88 Å². The van der Waals surface area contributed by atoms with Crippen molar-refractivity contribution in [3.63, 3.8) is 0 Å². The van der Waals surface area contributed by atoms with Gasteiger partial charge in [-0.25, -0.2) is 4.39 Å². The van der Waals surface area contributed by atoms with E-state index in [0.29, 0.717) is 42.8 Å². The number of amides is 1. The minimum absolute atomic E-state index is 0.131. The third-order valence-corrected chi connectivity index (χ3v) is 6.84. The van der Waals surface area contributed by atoms with Gasteiger partial charge in [0, 0.05) is 35.1 Å². The average Bonchev–Trinajstić information content (AvgIpc) is 3.09. The molecule has 4 heteroatoms. The van der Waals surface area contributed by atoms with Gasteiger partial charge in [0.15, 0.2) is 0 Å². The number of carbonyl (C=O) groups excluding carboxylic acids is 1. The van der Waals surface area contributed by atoms with Gasteiger partial charge in [-0.3, -0.25) is 4.79 Å². The lowest BCUT2D eigenvalue weighted by atomic mass is 9.78. The Morgan fingerprint density at radius 1 is 1.07 bits per heavy atom. The monoisotopic (exact) mass is 406 g/mol. The number of carbonyl (C=O) groups is 1. The quantitative estimate of drug-likeness (QED) is 0.560. The molecule has 1 saturated carbocycles. The zero-order chi connectivity index (χ0) is 21.1. The van der Waals surface area contributed by atoms with Gasteiger partial charge in [0.05, 0.1) is 6.54 Å². The zero-order valence-corrected chi connectivity index (χ0v) is 17.9. The van der Waals surface area contributed by atoms with Crippen molar-refractivity contribution in [2.75, 3.05) is 0 Å². The average molecular weight is 407 g/mol. The summed E-state index contributed by atoms with van der Waals surface area (Å²) in [5.41, 5.74) is 2.89. The highest BCUT2D eigenvalue weighted by molar-refractivity contribution is 5.85. The maximum atomic E-state index is 14.2. The first-order valence-corrected chi connectivity index (χ1v) is 11.1. The van der Waals surface area contributed by atoms with E-state index in [2.05, 4.69) is 42.1 Å². The second-order valence-electron chi connectivity index (χ2n) is 8.83. The lowest BCUT2D eigenvalue weighted by Crippen LogP contribution is -2.43. The summed E-state index contributed by atoms with van der Waals surface area (Å²) < 4.78 is 16.2. The van der Waals surface area contributed by atoms with E-state index in [9.17, 15) is 9.18 Å². The molecule has 1 heterocycles. The number of nitrogens with zero attached hydrogens (tertiary/aromatic N) is 1. The highest BCUT2D eigenvalue weighted by Crippen LogP contribution is 2.30. The molecule has 1 aliphatic carbocycles. The lowest BCUT2D eigenvalue weighted by molar-refractivity contribution is -0.122. The molecule has 0 unspecified atom stereocenters. The number of fused-ring (bicyclic) bond motifs is 1. The van der Waals surface area contributed by atoms with Gasteiger partial charge in [-0.15, -0.1) is 0 Å². The van der Waals surface area contributed by atoms with Crippen molar-refractivity contribution in [1.82, 2.24) is 9.88 Å². The van der Waals surface area contributed by atoms with Gasteiger partial charge in [-0.2, -0.15) is 0 Å². The Balaban J connectivity index is 1.47. The van der Waals surface area contributed by atoms with Gasteiger partial charge in [0.2, 0.25) is 5.91 Å². The molecule has 1 aromatic heterocycles. The summed E-state index contributed by atoms with van der Waals surface area (Å²) in [6, 6.07) is 15.4. The first-order chi connectivity index (χ1) is 14.5. The third-order valence-electron chi connectivity index (χ3n) is 6.84. The van der Waals surface area contributed by atoms with Crippen LogP contribution in [0.4, 0.5) is 4.39 Å². The van der Waals surface area contributed by atoms with Crippen molar-refractivity contribution >= 4 is 16.8 Å². The summed E-state index contributed by atoms with van der Waals surface area (Å²) in [7, 11) is 0. The Kier molecular flexibility index (Phi) is 6.21. The highest BCUT2D eigenvalue weighted by Gasteiger charge is 2.28. The van der Waals surface area contributed by atoms with Crippen LogP contribution < -0.4 is 5.32 Å². The van der Waals surface area contributed by atoms with Gasteiger partial charge >= 0.3 is 0 Å². The predicted octanol–water partition coefficient (Wildman–Crippen LogP) is 5.70. The molecule has 3 nitrogen and oxygen atoms in total. The summed E-state index contributed by atoms with van der Waals surface area (Å²) in [5.74, 6) is 1.14. The standard InChI is InChI=1S/C26H31FN2O/c1-18-8-7-12-24(19(18)2)28-26(30)15-14-20-16-29(25-13-6-4-10-22(20)25)17-21-9-3-5-11-23(21)27/h3-6,9-11,13,16,18-19,24H,7-8,12,14-15,17H2,1-2H3,(H,28,30)/t18-,19-,24-/m1/s1. The van der Waals surface area contributed by atoms with Crippen molar-refractivity contribution in [1.29, 1.82) is 0 Å². The van der Waals surface area contributed by atoms with Crippen molar-refractivity contribution < 1.29 is 9.18 Å². The van der Waals surface area contributed by atoms with Gasteiger partial charge in [-0.05, 0) is 42.4 Å². The Bertz CT molecular complexity index is 1020. The topological polar surface area (TPSA) is 34.0 Å². The normalized spacial score (nSPS) is 21.6. The summed E-state index contributed by atoms with van der Waals surface area (Å²) in [6.45, 7) is 5.02. The number of benzene rings is 2. The van der Waals surface area contributed by atoms with E-state index < -0.39 is 0 Å². The van der Waals surface area contributed by atoms with Crippen LogP contribution in [0.5, 0.6) is 0 Å². The molecule has 0 aliphatic heterocycles. The molecule has 3 aromatic rings. The van der Waals surface area contributed by atoms with Crippen LogP contribution >= 0.6 is 0 Å². The Morgan fingerprint density at radius 2 is 1.83 bits per heavy atom. The van der Waals surface area contributed by atoms with Crippen LogP contribution in [0.3, 0.4) is 0 Å². The van der Waals surface area contributed by atoms with E-state index >= 15 is 0 Å². The fourth-order valence-electron chi connectivity index (χ4n) is 4.78. The molecule has 4 rings (SSSR count). The van der Waals surface area contributed by atoms with Crippen LogP contribution in [-0.4, -0.2) is 16.5 Å². The SMILES string of the molecule is C[C@@H]1[C@H](C)CCC[C@H]1NC(=O)CCc1cn(Cc2ccccc2F)c2ccccc12. The van der Waals surface area contributed by atoms with E-state index in [1.807, 2.05) is 24.3 Å². The van der Waals surface area contributed by atoms with Crippen molar-refractivity contribution in [2.24, 2.45) is 11.8 Å². The predicted molar refractivity (Wildman–Crippen MR) is 120 cm³/mol. The summed E-state index contributed by atoms with van der Waals surface area (Å²) in [4.78, 5) is 12.6. The summed E-state index contributed by atoms with van der Waals surface area (Å²) in [6.07, 6.45) is 6.78. The molecule has 158 valence electrons. The van der Waals surface area contributed by atoms with Crippen molar-refractivity contribution in [2.45, 2.75) is 58.5 Å². The van der Waals surface area contributed by atoms with E-state index in [4.69, 9.17) is 0 Å². The van der Waals surface area contributed by atoms with Crippen molar-refractivity contribution in [3.8, 4) is 0 Å². The van der Waals surface area contributed by atoms with E-state index in [-0.39, 0.29) is 11.7 Å². The first-order valence-electron chi connectivity index (χ1n) is 11.1. The lowest BCUT2D eigenvalue weighted by Gasteiger charge is -2.34. The van der Waals surface area contributed by atoms with Gasteiger partial charge in [-0.1, -0.05) is 63.1 Å². The number of hydrogen-bond acceptors (Lipinski definition) is 1. The number of rotatable bonds is 6. The van der Waals surface area contributed by atoms with Crippen LogP contribution in [-0.2, 0) is 17.8 Å². The fourth-order valence-corrected chi connectivity index (χ4v) is 4.78. The molecule has 1 aliphatic rings. The van der Waals surface area contributed by atoms with Crippen LogP contribution in [0.2, 0.25) is 0 Å². The fraction of sp³-hybridized carbons (Fsp3) is 0.423. The molecule has 0 bridgehead atoms. The smallest absolute Gasteiger partial charge is 0.220 e. The zero-order valence-electron chi connectivity index (χ0n) is 17.9.